The van der Waals surface area contributed by atoms with Gasteiger partial charge in [0.1, 0.15) is 0 Å². The van der Waals surface area contributed by atoms with Crippen LogP contribution < -0.4 is 10.0 Å². The highest BCUT2D eigenvalue weighted by Gasteiger charge is 2.29. The summed E-state index contributed by atoms with van der Waals surface area (Å²) in [5, 5.41) is 4.53. The van der Waals surface area contributed by atoms with E-state index in [2.05, 4.69) is 15.0 Å². The summed E-state index contributed by atoms with van der Waals surface area (Å²) >= 11 is 1.16. The topological polar surface area (TPSA) is 88.2 Å². The van der Waals surface area contributed by atoms with Gasteiger partial charge in [-0.05, 0) is 48.9 Å². The summed E-state index contributed by atoms with van der Waals surface area (Å²) in [6.45, 7) is 1.77. The van der Waals surface area contributed by atoms with E-state index >= 15 is 0 Å². The number of hydrogen-bond acceptors (Lipinski definition) is 5. The Hall–Kier alpha value is -2.92. The molecule has 30 heavy (non-hydrogen) atoms. The first-order valence-electron chi connectivity index (χ1n) is 8.54. The number of hydrogen-bond donors (Lipinski definition) is 2. The SMILES string of the molecule is Cc1csc(NS(=O)(=O)c2ccc(C(=O)NCc3ccc(C(F)(F)F)cc3)cc2)n1. The number of carbonyl (C=O) groups is 1. The van der Waals surface area contributed by atoms with Crippen molar-refractivity contribution < 1.29 is 26.4 Å². The number of nitrogens with one attached hydrogen (secondary N) is 2. The fourth-order valence-electron chi connectivity index (χ4n) is 2.46. The average molecular weight is 455 g/mol. The predicted molar refractivity (Wildman–Crippen MR) is 107 cm³/mol. The maximum absolute atomic E-state index is 12.6. The van der Waals surface area contributed by atoms with E-state index in [1.54, 1.807) is 12.3 Å². The first-order valence-corrected chi connectivity index (χ1v) is 10.9. The average Bonchev–Trinajstić information content (AvgIpc) is 3.09. The summed E-state index contributed by atoms with van der Waals surface area (Å²) in [6, 6.07) is 9.73. The fraction of sp³-hybridized carbons (Fsp3) is 0.158. The van der Waals surface area contributed by atoms with E-state index in [1.807, 2.05) is 0 Å². The summed E-state index contributed by atoms with van der Waals surface area (Å²) in [7, 11) is -3.84. The summed E-state index contributed by atoms with van der Waals surface area (Å²) < 4.78 is 64.8. The Morgan fingerprint density at radius 2 is 1.70 bits per heavy atom. The van der Waals surface area contributed by atoms with Gasteiger partial charge in [0.25, 0.3) is 15.9 Å². The lowest BCUT2D eigenvalue weighted by Crippen LogP contribution is -2.23. The lowest BCUT2D eigenvalue weighted by atomic mass is 10.1. The Morgan fingerprint density at radius 1 is 1.07 bits per heavy atom. The Balaban J connectivity index is 1.62. The van der Waals surface area contributed by atoms with Crippen LogP contribution in [0.5, 0.6) is 0 Å². The second-order valence-corrected chi connectivity index (χ2v) is 8.84. The van der Waals surface area contributed by atoms with Crippen molar-refractivity contribution in [3.05, 3.63) is 76.3 Å². The molecule has 11 heteroatoms. The van der Waals surface area contributed by atoms with Crippen LogP contribution in [0, 0.1) is 6.92 Å². The molecule has 0 aliphatic rings. The third-order valence-electron chi connectivity index (χ3n) is 4.00. The van der Waals surface area contributed by atoms with Crippen LogP contribution >= 0.6 is 11.3 Å². The van der Waals surface area contributed by atoms with Crippen molar-refractivity contribution in [1.82, 2.24) is 10.3 Å². The van der Waals surface area contributed by atoms with Crippen LogP contribution in [0.2, 0.25) is 0 Å². The first kappa shape index (κ1) is 21.8. The van der Waals surface area contributed by atoms with Crippen molar-refractivity contribution in [3.63, 3.8) is 0 Å². The minimum atomic E-state index is -4.42. The molecule has 0 aliphatic carbocycles. The molecule has 3 aromatic rings. The summed E-state index contributed by atoms with van der Waals surface area (Å²) in [5.41, 5.74) is 0.637. The number of nitrogens with zero attached hydrogens (tertiary/aromatic N) is 1. The molecule has 3 rings (SSSR count). The smallest absolute Gasteiger partial charge is 0.348 e. The number of alkyl halides is 3. The Kier molecular flexibility index (Phi) is 6.13. The van der Waals surface area contributed by atoms with E-state index < -0.39 is 27.7 Å². The van der Waals surface area contributed by atoms with Crippen LogP contribution in [0.3, 0.4) is 0 Å². The van der Waals surface area contributed by atoms with E-state index in [1.165, 1.54) is 36.4 Å². The zero-order valence-electron chi connectivity index (χ0n) is 15.5. The zero-order chi connectivity index (χ0) is 21.9. The van der Waals surface area contributed by atoms with Gasteiger partial charge in [-0.2, -0.15) is 13.2 Å². The summed E-state index contributed by atoms with van der Waals surface area (Å²) in [4.78, 5) is 16.2. The number of aromatic nitrogens is 1. The van der Waals surface area contributed by atoms with Gasteiger partial charge in [-0.15, -0.1) is 11.3 Å². The number of carbonyl (C=O) groups excluding carboxylic acids is 1. The van der Waals surface area contributed by atoms with Gasteiger partial charge in [0.15, 0.2) is 5.13 Å². The third-order valence-corrected chi connectivity index (χ3v) is 6.36. The van der Waals surface area contributed by atoms with Gasteiger partial charge >= 0.3 is 6.18 Å². The van der Waals surface area contributed by atoms with Crippen molar-refractivity contribution >= 4 is 32.4 Å². The molecule has 1 aromatic heterocycles. The van der Waals surface area contributed by atoms with Crippen LogP contribution in [-0.4, -0.2) is 19.3 Å². The molecule has 0 radical (unpaired) electrons. The van der Waals surface area contributed by atoms with E-state index in [0.29, 0.717) is 11.3 Å². The van der Waals surface area contributed by atoms with Gasteiger partial charge in [-0.1, -0.05) is 12.1 Å². The Labute approximate surface area is 174 Å². The summed E-state index contributed by atoms with van der Waals surface area (Å²) in [5.74, 6) is -0.484. The molecule has 158 valence electrons. The largest absolute Gasteiger partial charge is 0.416 e. The quantitative estimate of drug-likeness (QED) is 0.583. The molecule has 0 bridgehead atoms. The highest BCUT2D eigenvalue weighted by molar-refractivity contribution is 7.93. The molecular weight excluding hydrogens is 439 g/mol. The Bertz CT molecular complexity index is 1140. The number of halogens is 3. The lowest BCUT2D eigenvalue weighted by molar-refractivity contribution is -0.137. The molecule has 6 nitrogen and oxygen atoms in total. The van der Waals surface area contributed by atoms with Gasteiger partial charge in [0.05, 0.1) is 16.2 Å². The number of anilines is 1. The molecule has 0 unspecified atom stereocenters. The van der Waals surface area contributed by atoms with E-state index in [-0.39, 0.29) is 22.1 Å². The maximum atomic E-state index is 12.6. The Morgan fingerprint density at radius 3 is 2.23 bits per heavy atom. The molecule has 0 fully saturated rings. The minimum absolute atomic E-state index is 0.0297. The number of aryl methyl sites for hydroxylation is 1. The predicted octanol–water partition coefficient (Wildman–Crippen LogP) is 4.20. The standard InChI is InChI=1S/C19H16F3N3O3S2/c1-12-11-29-18(24-12)25-30(27,28)16-8-4-14(5-9-16)17(26)23-10-13-2-6-15(7-3-13)19(20,21)22/h2-9,11H,10H2,1H3,(H,23,26)(H,24,25). The molecule has 0 atom stereocenters. The molecule has 2 N–H and O–H groups in total. The van der Waals surface area contributed by atoms with Crippen LogP contribution in [0.15, 0.2) is 58.8 Å². The highest BCUT2D eigenvalue weighted by atomic mass is 32.2. The van der Waals surface area contributed by atoms with Crippen molar-refractivity contribution in [1.29, 1.82) is 0 Å². The molecule has 0 spiro atoms. The molecule has 2 aromatic carbocycles. The zero-order valence-corrected chi connectivity index (χ0v) is 17.2. The monoisotopic (exact) mass is 455 g/mol. The lowest BCUT2D eigenvalue weighted by Gasteiger charge is -2.09. The fourth-order valence-corrected chi connectivity index (χ4v) is 4.40. The van der Waals surface area contributed by atoms with Crippen molar-refractivity contribution in [2.24, 2.45) is 0 Å². The van der Waals surface area contributed by atoms with Crippen molar-refractivity contribution in [3.8, 4) is 0 Å². The van der Waals surface area contributed by atoms with Gasteiger partial charge < -0.3 is 5.32 Å². The number of benzene rings is 2. The van der Waals surface area contributed by atoms with E-state index in [0.717, 1.165) is 23.5 Å². The minimum Gasteiger partial charge on any atom is -0.348 e. The normalized spacial score (nSPS) is 11.9. The van der Waals surface area contributed by atoms with Crippen LogP contribution in [0.25, 0.3) is 0 Å². The second kappa shape index (κ2) is 8.44. The number of thiazole rings is 1. The van der Waals surface area contributed by atoms with Crippen molar-refractivity contribution in [2.75, 3.05) is 4.72 Å². The maximum Gasteiger partial charge on any atom is 0.416 e. The molecule has 0 saturated heterocycles. The summed E-state index contributed by atoms with van der Waals surface area (Å²) in [6.07, 6.45) is -4.42. The van der Waals surface area contributed by atoms with Gasteiger partial charge in [-0.25, -0.2) is 13.4 Å². The number of amides is 1. The first-order chi connectivity index (χ1) is 14.0. The highest BCUT2D eigenvalue weighted by Crippen LogP contribution is 2.29. The van der Waals surface area contributed by atoms with Crippen LogP contribution in [0.1, 0.15) is 27.2 Å². The van der Waals surface area contributed by atoms with E-state index in [4.69, 9.17) is 0 Å². The van der Waals surface area contributed by atoms with Gasteiger partial charge in [0.2, 0.25) is 0 Å². The van der Waals surface area contributed by atoms with Crippen LogP contribution in [-0.2, 0) is 22.7 Å². The van der Waals surface area contributed by atoms with E-state index in [9.17, 15) is 26.4 Å². The van der Waals surface area contributed by atoms with Crippen LogP contribution in [0.4, 0.5) is 18.3 Å². The number of sulfonamides is 1. The molecule has 1 heterocycles. The van der Waals surface area contributed by atoms with Gasteiger partial charge in [0, 0.05) is 17.5 Å². The molecule has 0 saturated carbocycles. The second-order valence-electron chi connectivity index (χ2n) is 6.30. The molecule has 1 amide bonds. The van der Waals surface area contributed by atoms with Gasteiger partial charge in [-0.3, -0.25) is 9.52 Å². The third kappa shape index (κ3) is 5.36. The van der Waals surface area contributed by atoms with Crippen molar-refractivity contribution in [2.45, 2.75) is 24.5 Å². The number of rotatable bonds is 6. The molecular formula is C19H16F3N3O3S2. The molecule has 0 aliphatic heterocycles.